The number of rotatable bonds is 5. The number of anilines is 3. The van der Waals surface area contributed by atoms with E-state index in [1.54, 1.807) is 7.11 Å². The van der Waals surface area contributed by atoms with Gasteiger partial charge < -0.3 is 15.4 Å². The Labute approximate surface area is 135 Å². The van der Waals surface area contributed by atoms with Crippen LogP contribution in [-0.4, -0.2) is 24.1 Å². The second-order valence-corrected chi connectivity index (χ2v) is 5.21. The summed E-state index contributed by atoms with van der Waals surface area (Å²) in [7, 11) is 3.51. The van der Waals surface area contributed by atoms with Gasteiger partial charge in [-0.2, -0.15) is 0 Å². The van der Waals surface area contributed by atoms with Gasteiger partial charge in [-0.05, 0) is 36.2 Å². The molecule has 0 spiro atoms. The first-order valence-electron chi connectivity index (χ1n) is 7.63. The van der Waals surface area contributed by atoms with Crippen LogP contribution in [0.15, 0.2) is 42.5 Å². The van der Waals surface area contributed by atoms with Crippen molar-refractivity contribution in [3.8, 4) is 5.75 Å². The van der Waals surface area contributed by atoms with Crippen molar-refractivity contribution < 1.29 is 4.74 Å². The maximum atomic E-state index is 5.37. The average Bonchev–Trinajstić information content (AvgIpc) is 2.60. The summed E-state index contributed by atoms with van der Waals surface area (Å²) in [5.41, 5.74) is 3.85. The molecule has 0 saturated carbocycles. The van der Waals surface area contributed by atoms with Crippen molar-refractivity contribution in [2.45, 2.75) is 13.3 Å². The Kier molecular flexibility index (Phi) is 4.28. The largest absolute Gasteiger partial charge is 0.497 e. The maximum absolute atomic E-state index is 5.37. The molecule has 23 heavy (non-hydrogen) atoms. The predicted molar refractivity (Wildman–Crippen MR) is 94.7 cm³/mol. The number of fused-ring (bicyclic) bond motifs is 1. The zero-order chi connectivity index (χ0) is 16.2. The molecule has 1 aromatic heterocycles. The van der Waals surface area contributed by atoms with Crippen molar-refractivity contribution in [3.63, 3.8) is 0 Å². The van der Waals surface area contributed by atoms with E-state index in [2.05, 4.69) is 33.6 Å². The SMILES string of the molecule is CCc1cc(Nc2nc3ccccc3nc2NC)cc(OC)c1. The highest BCUT2D eigenvalue weighted by molar-refractivity contribution is 5.81. The lowest BCUT2D eigenvalue weighted by Gasteiger charge is -2.13. The second kappa shape index (κ2) is 6.52. The summed E-state index contributed by atoms with van der Waals surface area (Å²) in [4.78, 5) is 9.28. The van der Waals surface area contributed by atoms with E-state index in [1.807, 2.05) is 43.4 Å². The first kappa shape index (κ1) is 15.1. The lowest BCUT2D eigenvalue weighted by Crippen LogP contribution is -2.03. The Morgan fingerprint density at radius 3 is 2.30 bits per heavy atom. The van der Waals surface area contributed by atoms with Gasteiger partial charge in [-0.3, -0.25) is 0 Å². The first-order valence-corrected chi connectivity index (χ1v) is 7.63. The third-order valence-electron chi connectivity index (χ3n) is 3.68. The molecule has 0 bridgehead atoms. The molecule has 5 heteroatoms. The first-order chi connectivity index (χ1) is 11.2. The number of aromatic nitrogens is 2. The van der Waals surface area contributed by atoms with Crippen molar-refractivity contribution in [2.75, 3.05) is 24.8 Å². The van der Waals surface area contributed by atoms with Crippen LogP contribution in [0.4, 0.5) is 17.3 Å². The molecule has 0 atom stereocenters. The molecule has 3 aromatic rings. The fraction of sp³-hybridized carbons (Fsp3) is 0.222. The Balaban J connectivity index is 2.03. The number of benzene rings is 2. The maximum Gasteiger partial charge on any atom is 0.174 e. The van der Waals surface area contributed by atoms with E-state index in [0.717, 1.165) is 28.9 Å². The summed E-state index contributed by atoms with van der Waals surface area (Å²) < 4.78 is 5.37. The Morgan fingerprint density at radius 2 is 1.70 bits per heavy atom. The van der Waals surface area contributed by atoms with Crippen LogP contribution >= 0.6 is 0 Å². The van der Waals surface area contributed by atoms with Crippen LogP contribution in [0.5, 0.6) is 5.75 Å². The number of aryl methyl sites for hydroxylation is 1. The van der Waals surface area contributed by atoms with E-state index >= 15 is 0 Å². The number of ether oxygens (including phenoxy) is 1. The lowest BCUT2D eigenvalue weighted by atomic mass is 10.1. The molecule has 2 N–H and O–H groups in total. The van der Waals surface area contributed by atoms with Gasteiger partial charge in [-0.1, -0.05) is 19.1 Å². The number of hydrogen-bond acceptors (Lipinski definition) is 5. The van der Waals surface area contributed by atoms with Crippen molar-refractivity contribution in [1.82, 2.24) is 9.97 Å². The molecule has 0 aliphatic rings. The fourth-order valence-corrected chi connectivity index (χ4v) is 2.45. The van der Waals surface area contributed by atoms with Gasteiger partial charge in [0.15, 0.2) is 11.6 Å². The van der Waals surface area contributed by atoms with E-state index in [4.69, 9.17) is 4.74 Å². The van der Waals surface area contributed by atoms with Gasteiger partial charge in [0.25, 0.3) is 0 Å². The monoisotopic (exact) mass is 308 g/mol. The number of nitrogens with one attached hydrogen (secondary N) is 2. The number of para-hydroxylation sites is 2. The molecular formula is C18H20N4O. The molecule has 0 aliphatic carbocycles. The van der Waals surface area contributed by atoms with Crippen LogP contribution in [0.3, 0.4) is 0 Å². The Morgan fingerprint density at radius 1 is 1.00 bits per heavy atom. The summed E-state index contributed by atoms with van der Waals surface area (Å²) >= 11 is 0. The van der Waals surface area contributed by atoms with Gasteiger partial charge in [0.2, 0.25) is 0 Å². The van der Waals surface area contributed by atoms with Gasteiger partial charge in [0.05, 0.1) is 18.1 Å². The molecule has 0 saturated heterocycles. The molecule has 1 heterocycles. The van der Waals surface area contributed by atoms with E-state index in [0.29, 0.717) is 11.6 Å². The zero-order valence-corrected chi connectivity index (χ0v) is 13.6. The molecule has 118 valence electrons. The minimum absolute atomic E-state index is 0.696. The normalized spacial score (nSPS) is 10.6. The molecule has 0 amide bonds. The molecule has 3 rings (SSSR count). The Bertz CT molecular complexity index is 810. The van der Waals surface area contributed by atoms with Gasteiger partial charge in [0, 0.05) is 18.8 Å². The van der Waals surface area contributed by atoms with E-state index < -0.39 is 0 Å². The summed E-state index contributed by atoms with van der Waals surface area (Å²) in [5, 5.41) is 6.45. The van der Waals surface area contributed by atoms with Crippen LogP contribution in [0.2, 0.25) is 0 Å². The van der Waals surface area contributed by atoms with Gasteiger partial charge in [-0.15, -0.1) is 0 Å². The number of hydrogen-bond donors (Lipinski definition) is 2. The smallest absolute Gasteiger partial charge is 0.174 e. The topological polar surface area (TPSA) is 59.1 Å². The van der Waals surface area contributed by atoms with Crippen molar-refractivity contribution in [3.05, 3.63) is 48.0 Å². The summed E-state index contributed by atoms with van der Waals surface area (Å²) in [6.07, 6.45) is 0.939. The van der Waals surface area contributed by atoms with Gasteiger partial charge >= 0.3 is 0 Å². The van der Waals surface area contributed by atoms with Crippen LogP contribution in [0.25, 0.3) is 11.0 Å². The minimum Gasteiger partial charge on any atom is -0.497 e. The molecule has 0 radical (unpaired) electrons. The number of nitrogens with zero attached hydrogens (tertiary/aromatic N) is 2. The highest BCUT2D eigenvalue weighted by Gasteiger charge is 2.09. The molecule has 0 fully saturated rings. The highest BCUT2D eigenvalue weighted by atomic mass is 16.5. The molecular weight excluding hydrogens is 288 g/mol. The minimum atomic E-state index is 0.696. The quantitative estimate of drug-likeness (QED) is 0.746. The van der Waals surface area contributed by atoms with Crippen LogP contribution < -0.4 is 15.4 Å². The number of methoxy groups -OCH3 is 1. The van der Waals surface area contributed by atoms with Crippen LogP contribution in [-0.2, 0) is 6.42 Å². The van der Waals surface area contributed by atoms with Crippen LogP contribution in [0.1, 0.15) is 12.5 Å². The summed E-state index contributed by atoms with van der Waals surface area (Å²) in [6.45, 7) is 2.12. The third-order valence-corrected chi connectivity index (χ3v) is 3.68. The highest BCUT2D eigenvalue weighted by Crippen LogP contribution is 2.27. The molecule has 0 unspecified atom stereocenters. The molecule has 5 nitrogen and oxygen atoms in total. The molecule has 0 aliphatic heterocycles. The van der Waals surface area contributed by atoms with E-state index in [1.165, 1.54) is 5.56 Å². The van der Waals surface area contributed by atoms with Crippen LogP contribution in [0, 0.1) is 0 Å². The average molecular weight is 308 g/mol. The standard InChI is InChI=1S/C18H20N4O/c1-4-12-9-13(11-14(10-12)23-3)20-18-17(19-2)21-15-7-5-6-8-16(15)22-18/h5-11H,4H2,1-3H3,(H,19,21)(H,20,22). The van der Waals surface area contributed by atoms with E-state index in [9.17, 15) is 0 Å². The molecule has 2 aromatic carbocycles. The second-order valence-electron chi connectivity index (χ2n) is 5.21. The van der Waals surface area contributed by atoms with E-state index in [-0.39, 0.29) is 0 Å². The van der Waals surface area contributed by atoms with Crippen molar-refractivity contribution in [1.29, 1.82) is 0 Å². The van der Waals surface area contributed by atoms with Gasteiger partial charge in [-0.25, -0.2) is 9.97 Å². The summed E-state index contributed by atoms with van der Waals surface area (Å²) in [6, 6.07) is 13.9. The summed E-state index contributed by atoms with van der Waals surface area (Å²) in [5.74, 6) is 2.23. The predicted octanol–water partition coefficient (Wildman–Crippen LogP) is 3.99. The third kappa shape index (κ3) is 3.18. The fourth-order valence-electron chi connectivity index (χ4n) is 2.45. The van der Waals surface area contributed by atoms with Gasteiger partial charge in [0.1, 0.15) is 5.75 Å². The van der Waals surface area contributed by atoms with Crippen molar-refractivity contribution in [2.24, 2.45) is 0 Å². The Hall–Kier alpha value is -2.82. The lowest BCUT2D eigenvalue weighted by molar-refractivity contribution is 0.414. The zero-order valence-electron chi connectivity index (χ0n) is 13.6. The van der Waals surface area contributed by atoms with Crippen molar-refractivity contribution >= 4 is 28.4 Å².